The summed E-state index contributed by atoms with van der Waals surface area (Å²) in [4.78, 5) is 2.50. The molecule has 0 radical (unpaired) electrons. The van der Waals surface area contributed by atoms with Gasteiger partial charge in [0, 0.05) is 19.7 Å². The smallest absolute Gasteiger partial charge is 0.0777 e. The molecule has 16 heavy (non-hydrogen) atoms. The van der Waals surface area contributed by atoms with Crippen LogP contribution >= 0.6 is 0 Å². The van der Waals surface area contributed by atoms with E-state index in [0.717, 1.165) is 25.9 Å². The normalized spacial score (nSPS) is 29.2. The zero-order valence-corrected chi connectivity index (χ0v) is 11.2. The van der Waals surface area contributed by atoms with Gasteiger partial charge in [-0.05, 0) is 45.7 Å². The number of methoxy groups -OCH3 is 1. The molecule has 2 atom stereocenters. The molecule has 1 heterocycles. The molecule has 1 saturated heterocycles. The van der Waals surface area contributed by atoms with E-state index in [0.29, 0.717) is 6.04 Å². The molecule has 3 nitrogen and oxygen atoms in total. The second-order valence-corrected chi connectivity index (χ2v) is 5.37. The Hall–Kier alpha value is -0.120. The van der Waals surface area contributed by atoms with Gasteiger partial charge in [0.1, 0.15) is 0 Å². The monoisotopic (exact) mass is 228 g/mol. The SMILES string of the molecule is CCCC(N)CCN1CCCC(C)(OC)C1. The molecule has 0 aromatic carbocycles. The summed E-state index contributed by atoms with van der Waals surface area (Å²) < 4.78 is 5.59. The van der Waals surface area contributed by atoms with Crippen molar-refractivity contribution in [3.63, 3.8) is 0 Å². The highest BCUT2D eigenvalue weighted by Crippen LogP contribution is 2.23. The molecule has 0 aliphatic carbocycles. The highest BCUT2D eigenvalue weighted by Gasteiger charge is 2.30. The average Bonchev–Trinajstić information content (AvgIpc) is 2.27. The lowest BCUT2D eigenvalue weighted by atomic mass is 9.94. The van der Waals surface area contributed by atoms with Gasteiger partial charge < -0.3 is 15.4 Å². The Kier molecular flexibility index (Phi) is 5.73. The number of hydrogen-bond donors (Lipinski definition) is 1. The van der Waals surface area contributed by atoms with Crippen molar-refractivity contribution >= 4 is 0 Å². The largest absolute Gasteiger partial charge is 0.377 e. The standard InChI is InChI=1S/C13H28N2O/c1-4-6-12(14)7-10-15-9-5-8-13(2,11-15)16-3/h12H,4-11,14H2,1-3H3. The van der Waals surface area contributed by atoms with Crippen LogP contribution in [0, 0.1) is 0 Å². The fourth-order valence-electron chi connectivity index (χ4n) is 2.53. The van der Waals surface area contributed by atoms with Crippen LogP contribution in [0.3, 0.4) is 0 Å². The van der Waals surface area contributed by atoms with E-state index in [2.05, 4.69) is 18.7 Å². The van der Waals surface area contributed by atoms with E-state index in [9.17, 15) is 0 Å². The first-order chi connectivity index (χ1) is 7.59. The maximum absolute atomic E-state index is 6.04. The van der Waals surface area contributed by atoms with Gasteiger partial charge in [0.25, 0.3) is 0 Å². The van der Waals surface area contributed by atoms with Crippen LogP contribution in [0.25, 0.3) is 0 Å². The summed E-state index contributed by atoms with van der Waals surface area (Å²) in [5, 5.41) is 0. The van der Waals surface area contributed by atoms with Crippen molar-refractivity contribution < 1.29 is 4.74 Å². The molecule has 0 amide bonds. The van der Waals surface area contributed by atoms with Crippen molar-refractivity contribution in [2.45, 2.75) is 57.6 Å². The molecule has 0 aromatic heterocycles. The molecule has 1 aliphatic rings. The van der Waals surface area contributed by atoms with Gasteiger partial charge in [0.05, 0.1) is 5.60 Å². The minimum Gasteiger partial charge on any atom is -0.377 e. The van der Waals surface area contributed by atoms with Crippen molar-refractivity contribution in [1.82, 2.24) is 4.90 Å². The molecule has 0 bridgehead atoms. The van der Waals surface area contributed by atoms with E-state index in [1.54, 1.807) is 0 Å². The fraction of sp³-hybridized carbons (Fsp3) is 1.00. The maximum Gasteiger partial charge on any atom is 0.0777 e. The molecule has 3 heteroatoms. The third kappa shape index (κ3) is 4.40. The first-order valence-corrected chi connectivity index (χ1v) is 6.63. The minimum absolute atomic E-state index is 0.0626. The second kappa shape index (κ2) is 6.58. The average molecular weight is 228 g/mol. The van der Waals surface area contributed by atoms with Crippen molar-refractivity contribution in [1.29, 1.82) is 0 Å². The molecule has 1 aliphatic heterocycles. The number of nitrogens with zero attached hydrogens (tertiary/aromatic N) is 1. The van der Waals surface area contributed by atoms with Crippen LogP contribution in [-0.2, 0) is 4.74 Å². The summed E-state index contributed by atoms with van der Waals surface area (Å²) in [6.45, 7) is 7.80. The van der Waals surface area contributed by atoms with Gasteiger partial charge in [-0.3, -0.25) is 0 Å². The van der Waals surface area contributed by atoms with E-state index in [-0.39, 0.29) is 5.60 Å². The molecule has 0 spiro atoms. The molecule has 1 rings (SSSR count). The van der Waals surface area contributed by atoms with Gasteiger partial charge in [-0.2, -0.15) is 0 Å². The second-order valence-electron chi connectivity index (χ2n) is 5.37. The first-order valence-electron chi connectivity index (χ1n) is 6.63. The molecule has 96 valence electrons. The molecule has 0 aromatic rings. The summed E-state index contributed by atoms with van der Waals surface area (Å²) in [5.41, 5.74) is 6.11. The Morgan fingerprint density at radius 3 is 2.81 bits per heavy atom. The fourth-order valence-corrected chi connectivity index (χ4v) is 2.53. The van der Waals surface area contributed by atoms with E-state index in [1.807, 2.05) is 7.11 Å². The lowest BCUT2D eigenvalue weighted by Crippen LogP contribution is -2.48. The topological polar surface area (TPSA) is 38.5 Å². The first kappa shape index (κ1) is 13.9. The number of hydrogen-bond acceptors (Lipinski definition) is 3. The van der Waals surface area contributed by atoms with Crippen molar-refractivity contribution in [2.24, 2.45) is 5.73 Å². The number of likely N-dealkylation sites (tertiary alicyclic amines) is 1. The number of nitrogens with two attached hydrogens (primary N) is 1. The summed E-state index contributed by atoms with van der Waals surface area (Å²) in [6, 6.07) is 0.376. The quantitative estimate of drug-likeness (QED) is 0.756. The highest BCUT2D eigenvalue weighted by molar-refractivity contribution is 4.84. The van der Waals surface area contributed by atoms with Crippen LogP contribution < -0.4 is 5.73 Å². The van der Waals surface area contributed by atoms with E-state index < -0.39 is 0 Å². The number of piperidine rings is 1. The van der Waals surface area contributed by atoms with Gasteiger partial charge in [-0.25, -0.2) is 0 Å². The molecular formula is C13H28N2O. The van der Waals surface area contributed by atoms with Crippen LogP contribution in [0.1, 0.15) is 46.0 Å². The number of ether oxygens (including phenoxy) is 1. The highest BCUT2D eigenvalue weighted by atomic mass is 16.5. The lowest BCUT2D eigenvalue weighted by molar-refractivity contribution is -0.0510. The predicted molar refractivity (Wildman–Crippen MR) is 68.6 cm³/mol. The van der Waals surface area contributed by atoms with Crippen molar-refractivity contribution in [3.05, 3.63) is 0 Å². The lowest BCUT2D eigenvalue weighted by Gasteiger charge is -2.39. The predicted octanol–water partition coefficient (Wildman–Crippen LogP) is 2.00. The van der Waals surface area contributed by atoms with E-state index in [1.165, 1.54) is 25.8 Å². The summed E-state index contributed by atoms with van der Waals surface area (Å²) >= 11 is 0. The van der Waals surface area contributed by atoms with Crippen LogP contribution in [0.4, 0.5) is 0 Å². The summed E-state index contributed by atoms with van der Waals surface area (Å²) in [6.07, 6.45) is 5.88. The Morgan fingerprint density at radius 2 is 2.19 bits per heavy atom. The summed E-state index contributed by atoms with van der Waals surface area (Å²) in [7, 11) is 1.83. The zero-order chi connectivity index (χ0) is 12.0. The van der Waals surface area contributed by atoms with Crippen molar-refractivity contribution in [2.75, 3.05) is 26.7 Å². The van der Waals surface area contributed by atoms with Crippen LogP contribution in [0.2, 0.25) is 0 Å². The Balaban J connectivity index is 2.27. The Morgan fingerprint density at radius 1 is 1.44 bits per heavy atom. The Labute approximate surface area is 100 Å². The summed E-state index contributed by atoms with van der Waals surface area (Å²) in [5.74, 6) is 0. The van der Waals surface area contributed by atoms with E-state index >= 15 is 0 Å². The molecule has 1 fully saturated rings. The van der Waals surface area contributed by atoms with Gasteiger partial charge >= 0.3 is 0 Å². The third-order valence-corrected chi connectivity index (χ3v) is 3.71. The molecule has 0 saturated carbocycles. The zero-order valence-electron chi connectivity index (χ0n) is 11.2. The number of rotatable bonds is 6. The van der Waals surface area contributed by atoms with Crippen LogP contribution in [0.15, 0.2) is 0 Å². The van der Waals surface area contributed by atoms with E-state index in [4.69, 9.17) is 10.5 Å². The van der Waals surface area contributed by atoms with Crippen LogP contribution in [0.5, 0.6) is 0 Å². The van der Waals surface area contributed by atoms with Crippen LogP contribution in [-0.4, -0.2) is 43.3 Å². The molecule has 2 unspecified atom stereocenters. The van der Waals surface area contributed by atoms with Gasteiger partial charge in [0.15, 0.2) is 0 Å². The molecule has 2 N–H and O–H groups in total. The van der Waals surface area contributed by atoms with Gasteiger partial charge in [0.2, 0.25) is 0 Å². The Bertz CT molecular complexity index is 198. The molecular weight excluding hydrogens is 200 g/mol. The van der Waals surface area contributed by atoms with Gasteiger partial charge in [-0.15, -0.1) is 0 Å². The van der Waals surface area contributed by atoms with Crippen molar-refractivity contribution in [3.8, 4) is 0 Å². The maximum atomic E-state index is 6.04. The minimum atomic E-state index is 0.0626. The third-order valence-electron chi connectivity index (χ3n) is 3.71. The van der Waals surface area contributed by atoms with Gasteiger partial charge in [-0.1, -0.05) is 13.3 Å².